The topological polar surface area (TPSA) is 81.7 Å². The van der Waals surface area contributed by atoms with Gasteiger partial charge in [0, 0.05) is 24.9 Å². The lowest BCUT2D eigenvalue weighted by Crippen LogP contribution is -2.01. The van der Waals surface area contributed by atoms with Crippen molar-refractivity contribution in [2.24, 2.45) is 7.05 Å². The summed E-state index contributed by atoms with van der Waals surface area (Å²) in [5.74, 6) is 1.67. The van der Waals surface area contributed by atoms with E-state index in [9.17, 15) is 0 Å². The molecule has 0 bridgehead atoms. The summed E-state index contributed by atoms with van der Waals surface area (Å²) in [7, 11) is 1.88. The van der Waals surface area contributed by atoms with Crippen LogP contribution in [0.1, 0.15) is 5.69 Å². The van der Waals surface area contributed by atoms with Crippen molar-refractivity contribution < 1.29 is 0 Å². The van der Waals surface area contributed by atoms with Crippen LogP contribution < -0.4 is 11.1 Å². The zero-order valence-corrected chi connectivity index (χ0v) is 11.9. The van der Waals surface area contributed by atoms with Crippen LogP contribution in [0.3, 0.4) is 0 Å². The van der Waals surface area contributed by atoms with Gasteiger partial charge < -0.3 is 11.1 Å². The van der Waals surface area contributed by atoms with Gasteiger partial charge in [-0.15, -0.1) is 0 Å². The molecule has 2 heterocycles. The SMILES string of the molecule is Cc1nn(C)cc1Nc1cc(N)nc(-c2ccccc2)n1. The number of aryl methyl sites for hydroxylation is 2. The number of hydrogen-bond donors (Lipinski definition) is 2. The van der Waals surface area contributed by atoms with Gasteiger partial charge in [0.25, 0.3) is 0 Å². The number of nitrogen functional groups attached to an aromatic ring is 1. The number of nitrogens with one attached hydrogen (secondary N) is 1. The summed E-state index contributed by atoms with van der Waals surface area (Å²) in [6.07, 6.45) is 1.90. The van der Waals surface area contributed by atoms with Crippen molar-refractivity contribution in [3.05, 3.63) is 48.3 Å². The van der Waals surface area contributed by atoms with Gasteiger partial charge in [0.15, 0.2) is 5.82 Å². The largest absolute Gasteiger partial charge is 0.384 e. The summed E-state index contributed by atoms with van der Waals surface area (Å²) in [5.41, 5.74) is 8.61. The van der Waals surface area contributed by atoms with Crippen molar-refractivity contribution in [3.8, 4) is 11.4 Å². The van der Waals surface area contributed by atoms with Gasteiger partial charge in [0.05, 0.1) is 11.4 Å². The first kappa shape index (κ1) is 13.1. The minimum absolute atomic E-state index is 0.424. The maximum Gasteiger partial charge on any atom is 0.163 e. The highest BCUT2D eigenvalue weighted by molar-refractivity contribution is 5.64. The zero-order chi connectivity index (χ0) is 14.8. The number of anilines is 3. The molecule has 0 fully saturated rings. The molecule has 3 aromatic rings. The maximum atomic E-state index is 5.88. The van der Waals surface area contributed by atoms with E-state index < -0.39 is 0 Å². The predicted molar refractivity (Wildman–Crippen MR) is 83.1 cm³/mol. The molecule has 6 heteroatoms. The molecule has 106 valence electrons. The van der Waals surface area contributed by atoms with E-state index in [4.69, 9.17) is 5.73 Å². The Morgan fingerprint density at radius 1 is 1.14 bits per heavy atom. The number of hydrogen-bond acceptors (Lipinski definition) is 5. The van der Waals surface area contributed by atoms with Gasteiger partial charge >= 0.3 is 0 Å². The Bertz CT molecular complexity index is 763. The Balaban J connectivity index is 1.97. The Morgan fingerprint density at radius 2 is 1.90 bits per heavy atom. The third kappa shape index (κ3) is 2.84. The normalized spacial score (nSPS) is 10.6. The van der Waals surface area contributed by atoms with Gasteiger partial charge in [-0.25, -0.2) is 9.97 Å². The van der Waals surface area contributed by atoms with Crippen LogP contribution in [0.5, 0.6) is 0 Å². The van der Waals surface area contributed by atoms with Gasteiger partial charge in [0.1, 0.15) is 11.6 Å². The number of rotatable bonds is 3. The van der Waals surface area contributed by atoms with E-state index in [0.717, 1.165) is 16.9 Å². The molecule has 6 nitrogen and oxygen atoms in total. The Kier molecular flexibility index (Phi) is 3.27. The molecular weight excluding hydrogens is 264 g/mol. The summed E-state index contributed by atoms with van der Waals surface area (Å²) >= 11 is 0. The Morgan fingerprint density at radius 3 is 2.57 bits per heavy atom. The van der Waals surface area contributed by atoms with Gasteiger partial charge in [0.2, 0.25) is 0 Å². The smallest absolute Gasteiger partial charge is 0.163 e. The van der Waals surface area contributed by atoms with Crippen molar-refractivity contribution in [2.45, 2.75) is 6.92 Å². The predicted octanol–water partition coefficient (Wildman–Crippen LogP) is 2.51. The summed E-state index contributed by atoms with van der Waals surface area (Å²) in [4.78, 5) is 8.79. The van der Waals surface area contributed by atoms with Crippen molar-refractivity contribution in [1.29, 1.82) is 0 Å². The molecule has 0 saturated heterocycles. The molecule has 0 aliphatic rings. The minimum atomic E-state index is 0.424. The number of aromatic nitrogens is 4. The quantitative estimate of drug-likeness (QED) is 0.770. The molecule has 3 rings (SSSR count). The van der Waals surface area contributed by atoms with E-state index in [2.05, 4.69) is 20.4 Å². The minimum Gasteiger partial charge on any atom is -0.384 e. The van der Waals surface area contributed by atoms with Crippen molar-refractivity contribution in [2.75, 3.05) is 11.1 Å². The lowest BCUT2D eigenvalue weighted by atomic mass is 10.2. The first-order chi connectivity index (χ1) is 10.1. The monoisotopic (exact) mass is 280 g/mol. The van der Waals surface area contributed by atoms with Crippen LogP contribution in [0.25, 0.3) is 11.4 Å². The number of benzene rings is 1. The molecule has 2 aromatic heterocycles. The van der Waals surface area contributed by atoms with Gasteiger partial charge in [-0.2, -0.15) is 5.10 Å². The molecule has 21 heavy (non-hydrogen) atoms. The second-order valence-corrected chi connectivity index (χ2v) is 4.79. The van der Waals surface area contributed by atoms with Crippen LogP contribution in [-0.4, -0.2) is 19.7 Å². The molecule has 0 aliphatic heterocycles. The van der Waals surface area contributed by atoms with Crippen LogP contribution in [0.2, 0.25) is 0 Å². The maximum absolute atomic E-state index is 5.88. The fourth-order valence-corrected chi connectivity index (χ4v) is 2.11. The number of nitrogens with two attached hydrogens (primary N) is 1. The van der Waals surface area contributed by atoms with Crippen LogP contribution in [0.4, 0.5) is 17.3 Å². The van der Waals surface area contributed by atoms with E-state index in [1.54, 1.807) is 10.7 Å². The van der Waals surface area contributed by atoms with Crippen LogP contribution >= 0.6 is 0 Å². The molecule has 0 radical (unpaired) electrons. The first-order valence-corrected chi connectivity index (χ1v) is 6.59. The lowest BCUT2D eigenvalue weighted by Gasteiger charge is -2.07. The van der Waals surface area contributed by atoms with Crippen molar-refractivity contribution >= 4 is 17.3 Å². The summed E-state index contributed by atoms with van der Waals surface area (Å²) < 4.78 is 1.75. The Labute approximate surface area is 122 Å². The summed E-state index contributed by atoms with van der Waals surface area (Å²) in [6, 6.07) is 11.5. The second-order valence-electron chi connectivity index (χ2n) is 4.79. The average Bonchev–Trinajstić information content (AvgIpc) is 2.77. The van der Waals surface area contributed by atoms with E-state index in [1.165, 1.54) is 0 Å². The van der Waals surface area contributed by atoms with E-state index in [0.29, 0.717) is 17.5 Å². The van der Waals surface area contributed by atoms with Gasteiger partial charge in [-0.05, 0) is 6.92 Å². The van der Waals surface area contributed by atoms with Gasteiger partial charge in [-0.3, -0.25) is 4.68 Å². The summed E-state index contributed by atoms with van der Waals surface area (Å²) in [5, 5.41) is 7.52. The fourth-order valence-electron chi connectivity index (χ4n) is 2.11. The van der Waals surface area contributed by atoms with Crippen LogP contribution in [-0.2, 0) is 7.05 Å². The molecular formula is C15H16N6. The van der Waals surface area contributed by atoms with Crippen LogP contribution in [0, 0.1) is 6.92 Å². The first-order valence-electron chi connectivity index (χ1n) is 6.59. The molecule has 0 unspecified atom stereocenters. The average molecular weight is 280 g/mol. The molecule has 1 aromatic carbocycles. The molecule has 0 saturated carbocycles. The van der Waals surface area contributed by atoms with Crippen molar-refractivity contribution in [3.63, 3.8) is 0 Å². The standard InChI is InChI=1S/C15H16N6/c1-10-12(9-21(2)20-10)17-14-8-13(16)18-15(19-14)11-6-4-3-5-7-11/h3-9H,1-2H3,(H3,16,17,18,19). The Hall–Kier alpha value is -2.89. The third-order valence-electron chi connectivity index (χ3n) is 3.05. The molecule has 0 aliphatic carbocycles. The third-order valence-corrected chi connectivity index (χ3v) is 3.05. The molecule has 0 atom stereocenters. The highest BCUT2D eigenvalue weighted by Gasteiger charge is 2.08. The lowest BCUT2D eigenvalue weighted by molar-refractivity contribution is 0.756. The molecule has 0 spiro atoms. The van der Waals surface area contributed by atoms with Crippen LogP contribution in [0.15, 0.2) is 42.6 Å². The number of nitrogens with zero attached hydrogens (tertiary/aromatic N) is 4. The van der Waals surface area contributed by atoms with E-state index >= 15 is 0 Å². The van der Waals surface area contributed by atoms with E-state index in [1.807, 2.05) is 50.5 Å². The summed E-state index contributed by atoms with van der Waals surface area (Å²) in [6.45, 7) is 1.94. The fraction of sp³-hybridized carbons (Fsp3) is 0.133. The highest BCUT2D eigenvalue weighted by atomic mass is 15.3. The highest BCUT2D eigenvalue weighted by Crippen LogP contribution is 2.22. The van der Waals surface area contributed by atoms with Crippen molar-refractivity contribution in [1.82, 2.24) is 19.7 Å². The molecule has 3 N–H and O–H groups in total. The van der Waals surface area contributed by atoms with Gasteiger partial charge in [-0.1, -0.05) is 30.3 Å². The zero-order valence-electron chi connectivity index (χ0n) is 11.9. The second kappa shape index (κ2) is 5.24. The van der Waals surface area contributed by atoms with E-state index in [-0.39, 0.29) is 0 Å². The molecule has 0 amide bonds.